The van der Waals surface area contributed by atoms with Gasteiger partial charge in [-0.1, -0.05) is 15.9 Å². The first kappa shape index (κ1) is 15.3. The Hall–Kier alpha value is -1.12. The van der Waals surface area contributed by atoms with Gasteiger partial charge in [0.25, 0.3) is 10.0 Å². The van der Waals surface area contributed by atoms with Crippen LogP contribution >= 0.6 is 31.9 Å². The number of halogens is 2. The van der Waals surface area contributed by atoms with Gasteiger partial charge in [-0.05, 0) is 46.3 Å². The number of hydrogen-bond acceptors (Lipinski definition) is 4. The molecule has 106 valence electrons. The number of nitrogens with zero attached hydrogens (tertiary/aromatic N) is 1. The monoisotopic (exact) mass is 419 g/mol. The molecule has 1 aromatic carbocycles. The van der Waals surface area contributed by atoms with Crippen LogP contribution in [0.5, 0.6) is 0 Å². The van der Waals surface area contributed by atoms with Gasteiger partial charge in [-0.15, -0.1) is 0 Å². The minimum absolute atomic E-state index is 0.0469. The van der Waals surface area contributed by atoms with Gasteiger partial charge in [-0.25, -0.2) is 4.98 Å². The fourth-order valence-corrected chi connectivity index (χ4v) is 3.62. The topological polar surface area (TPSA) is 71.1 Å². The van der Waals surface area contributed by atoms with Gasteiger partial charge in [0.05, 0.1) is 11.4 Å². The summed E-state index contributed by atoms with van der Waals surface area (Å²) in [6, 6.07) is 8.54. The molecule has 5 nitrogen and oxygen atoms in total. The second kappa shape index (κ2) is 6.11. The molecule has 20 heavy (non-hydrogen) atoms. The summed E-state index contributed by atoms with van der Waals surface area (Å²) in [5.74, 6) is 0. The van der Waals surface area contributed by atoms with E-state index in [0.717, 1.165) is 4.47 Å². The third kappa shape index (κ3) is 3.31. The number of pyridine rings is 1. The predicted molar refractivity (Wildman–Crippen MR) is 86.4 cm³/mol. The molecule has 0 aliphatic rings. The van der Waals surface area contributed by atoms with Crippen molar-refractivity contribution in [2.45, 2.75) is 5.03 Å². The lowest BCUT2D eigenvalue weighted by Gasteiger charge is -2.12. The fourth-order valence-electron chi connectivity index (χ4n) is 1.56. The summed E-state index contributed by atoms with van der Waals surface area (Å²) in [4.78, 5) is 3.93. The van der Waals surface area contributed by atoms with Gasteiger partial charge in [-0.3, -0.25) is 4.72 Å². The minimum atomic E-state index is -3.77. The lowest BCUT2D eigenvalue weighted by molar-refractivity contribution is 0.598. The zero-order valence-electron chi connectivity index (χ0n) is 10.4. The van der Waals surface area contributed by atoms with Crippen molar-refractivity contribution in [3.63, 3.8) is 0 Å². The van der Waals surface area contributed by atoms with Gasteiger partial charge in [0.15, 0.2) is 5.03 Å². The lowest BCUT2D eigenvalue weighted by Crippen LogP contribution is -2.16. The third-order valence-corrected chi connectivity index (χ3v) is 4.98. The molecule has 0 saturated carbocycles. The van der Waals surface area contributed by atoms with Crippen molar-refractivity contribution in [2.75, 3.05) is 17.1 Å². The molecule has 2 N–H and O–H groups in total. The molecule has 1 aromatic heterocycles. The van der Waals surface area contributed by atoms with Crippen molar-refractivity contribution in [3.05, 3.63) is 45.5 Å². The Balaban J connectivity index is 2.43. The molecule has 0 radical (unpaired) electrons. The van der Waals surface area contributed by atoms with E-state index in [0.29, 0.717) is 15.8 Å². The van der Waals surface area contributed by atoms with Gasteiger partial charge in [0.1, 0.15) is 0 Å². The third-order valence-electron chi connectivity index (χ3n) is 2.47. The smallest absolute Gasteiger partial charge is 0.281 e. The maximum absolute atomic E-state index is 12.4. The number of hydrogen-bond donors (Lipinski definition) is 2. The highest BCUT2D eigenvalue weighted by Gasteiger charge is 2.20. The second-order valence-corrected chi connectivity index (χ2v) is 7.20. The summed E-state index contributed by atoms with van der Waals surface area (Å²) in [7, 11) is -2.13. The van der Waals surface area contributed by atoms with E-state index in [4.69, 9.17) is 0 Å². The van der Waals surface area contributed by atoms with Gasteiger partial charge in [0, 0.05) is 22.2 Å². The Morgan fingerprint density at radius 1 is 1.15 bits per heavy atom. The average molecular weight is 421 g/mol. The van der Waals surface area contributed by atoms with E-state index in [1.807, 2.05) is 6.07 Å². The molecule has 0 spiro atoms. The molecule has 8 heteroatoms. The Bertz CT molecular complexity index is 735. The molecule has 0 bridgehead atoms. The summed E-state index contributed by atoms with van der Waals surface area (Å²) in [6.07, 6.45) is 1.44. The molecular weight excluding hydrogens is 410 g/mol. The highest BCUT2D eigenvalue weighted by atomic mass is 79.9. The largest absolute Gasteiger partial charge is 0.386 e. The SMILES string of the molecule is CNc1cccnc1S(=O)(=O)Nc1cc(Br)ccc1Br. The molecule has 0 amide bonds. The van der Waals surface area contributed by atoms with Crippen LogP contribution in [-0.4, -0.2) is 20.4 Å². The first-order valence-electron chi connectivity index (χ1n) is 5.54. The molecule has 0 atom stereocenters. The number of benzene rings is 1. The maximum Gasteiger partial charge on any atom is 0.281 e. The van der Waals surface area contributed by atoms with E-state index < -0.39 is 10.0 Å². The molecular formula is C12H11Br2N3O2S. The highest BCUT2D eigenvalue weighted by Crippen LogP contribution is 2.29. The zero-order chi connectivity index (χ0) is 14.8. The van der Waals surface area contributed by atoms with Gasteiger partial charge >= 0.3 is 0 Å². The quantitative estimate of drug-likeness (QED) is 0.794. The summed E-state index contributed by atoms with van der Waals surface area (Å²) in [6.45, 7) is 0. The molecule has 0 aliphatic heterocycles. The van der Waals surface area contributed by atoms with E-state index in [9.17, 15) is 8.42 Å². The molecule has 0 aliphatic carbocycles. The van der Waals surface area contributed by atoms with Gasteiger partial charge in [0.2, 0.25) is 0 Å². The van der Waals surface area contributed by atoms with E-state index in [2.05, 4.69) is 46.9 Å². The number of anilines is 2. The van der Waals surface area contributed by atoms with Crippen molar-refractivity contribution < 1.29 is 8.42 Å². The van der Waals surface area contributed by atoms with Crippen molar-refractivity contribution in [2.24, 2.45) is 0 Å². The Kier molecular flexibility index (Phi) is 4.66. The van der Waals surface area contributed by atoms with E-state index in [-0.39, 0.29) is 5.03 Å². The number of nitrogens with one attached hydrogen (secondary N) is 2. The average Bonchev–Trinajstić information content (AvgIpc) is 2.42. The van der Waals surface area contributed by atoms with Gasteiger partial charge in [-0.2, -0.15) is 8.42 Å². The van der Waals surface area contributed by atoms with Crippen molar-refractivity contribution >= 4 is 53.3 Å². The van der Waals surface area contributed by atoms with Crippen LogP contribution in [0.3, 0.4) is 0 Å². The molecule has 0 saturated heterocycles. The van der Waals surface area contributed by atoms with Crippen LogP contribution in [0.4, 0.5) is 11.4 Å². The van der Waals surface area contributed by atoms with Crippen LogP contribution in [0.15, 0.2) is 50.5 Å². The van der Waals surface area contributed by atoms with Crippen molar-refractivity contribution in [1.82, 2.24) is 4.98 Å². The fraction of sp³-hybridized carbons (Fsp3) is 0.0833. The van der Waals surface area contributed by atoms with Crippen LogP contribution in [0.1, 0.15) is 0 Å². The molecule has 2 aromatic rings. The predicted octanol–water partition coefficient (Wildman–Crippen LogP) is 3.45. The zero-order valence-corrected chi connectivity index (χ0v) is 14.4. The molecule has 0 fully saturated rings. The minimum Gasteiger partial charge on any atom is -0.386 e. The standard InChI is InChI=1S/C12H11Br2N3O2S/c1-15-10-3-2-6-16-12(10)20(18,19)17-11-7-8(13)4-5-9(11)14/h2-7,15,17H,1H3. The normalized spacial score (nSPS) is 11.2. The van der Waals surface area contributed by atoms with Gasteiger partial charge < -0.3 is 5.32 Å². The Morgan fingerprint density at radius 3 is 2.60 bits per heavy atom. The highest BCUT2D eigenvalue weighted by molar-refractivity contribution is 9.11. The summed E-state index contributed by atoms with van der Waals surface area (Å²) < 4.78 is 28.7. The number of aromatic nitrogens is 1. The van der Waals surface area contributed by atoms with Crippen LogP contribution in [0, 0.1) is 0 Å². The van der Waals surface area contributed by atoms with Crippen LogP contribution in [-0.2, 0) is 10.0 Å². The van der Waals surface area contributed by atoms with Crippen molar-refractivity contribution in [1.29, 1.82) is 0 Å². The molecule has 0 unspecified atom stereocenters. The van der Waals surface area contributed by atoms with E-state index in [1.54, 1.807) is 31.3 Å². The van der Waals surface area contributed by atoms with E-state index in [1.165, 1.54) is 6.20 Å². The van der Waals surface area contributed by atoms with Crippen LogP contribution in [0.2, 0.25) is 0 Å². The summed E-state index contributed by atoms with van der Waals surface area (Å²) in [5.41, 5.74) is 0.873. The van der Waals surface area contributed by atoms with E-state index >= 15 is 0 Å². The molecule has 1 heterocycles. The maximum atomic E-state index is 12.4. The first-order chi connectivity index (χ1) is 9.44. The summed E-state index contributed by atoms with van der Waals surface area (Å²) >= 11 is 6.61. The van der Waals surface area contributed by atoms with Crippen molar-refractivity contribution in [3.8, 4) is 0 Å². The lowest BCUT2D eigenvalue weighted by atomic mass is 10.3. The Labute approximate surface area is 134 Å². The molecule has 2 rings (SSSR count). The van der Waals surface area contributed by atoms with Crippen LogP contribution < -0.4 is 10.0 Å². The van der Waals surface area contributed by atoms with Crippen LogP contribution in [0.25, 0.3) is 0 Å². The Morgan fingerprint density at radius 2 is 1.90 bits per heavy atom. The number of rotatable bonds is 4. The summed E-state index contributed by atoms with van der Waals surface area (Å²) in [5, 5.41) is 2.76. The number of sulfonamides is 1. The second-order valence-electron chi connectivity index (χ2n) is 3.84. The first-order valence-corrected chi connectivity index (χ1v) is 8.61.